The van der Waals surface area contributed by atoms with Gasteiger partial charge in [-0.3, -0.25) is 4.79 Å². The predicted octanol–water partition coefficient (Wildman–Crippen LogP) is 3.67. The predicted molar refractivity (Wildman–Crippen MR) is 77.5 cm³/mol. The van der Waals surface area contributed by atoms with Crippen LogP contribution in [0.15, 0.2) is 47.1 Å². The van der Waals surface area contributed by atoms with E-state index in [0.717, 1.165) is 30.6 Å². The second kappa shape index (κ2) is 5.33. The summed E-state index contributed by atoms with van der Waals surface area (Å²) in [5.74, 6) is 0.839. The van der Waals surface area contributed by atoms with Gasteiger partial charge in [0.2, 0.25) is 5.91 Å². The van der Waals surface area contributed by atoms with Gasteiger partial charge in [0.05, 0.1) is 18.2 Å². The van der Waals surface area contributed by atoms with Crippen LogP contribution >= 0.6 is 11.6 Å². The van der Waals surface area contributed by atoms with Crippen molar-refractivity contribution < 1.29 is 9.21 Å². The molecule has 0 saturated heterocycles. The van der Waals surface area contributed by atoms with E-state index in [0.29, 0.717) is 11.6 Å². The normalized spacial score (nSPS) is 16.4. The Morgan fingerprint density at radius 2 is 2.00 bits per heavy atom. The first-order valence-electron chi connectivity index (χ1n) is 6.77. The van der Waals surface area contributed by atoms with Gasteiger partial charge in [-0.1, -0.05) is 30.2 Å². The summed E-state index contributed by atoms with van der Waals surface area (Å²) < 4.78 is 5.24. The van der Waals surface area contributed by atoms with Crippen molar-refractivity contribution in [3.8, 4) is 0 Å². The largest absolute Gasteiger partial charge is 0.467 e. The van der Waals surface area contributed by atoms with Crippen molar-refractivity contribution in [2.45, 2.75) is 31.2 Å². The number of hydrogen-bond donors (Lipinski definition) is 1. The van der Waals surface area contributed by atoms with E-state index in [2.05, 4.69) is 5.32 Å². The Balaban J connectivity index is 1.74. The molecule has 0 aliphatic heterocycles. The number of carbonyl (C=O) groups is 1. The highest BCUT2D eigenvalue weighted by Gasteiger charge is 2.45. The Hall–Kier alpha value is -1.74. The zero-order chi connectivity index (χ0) is 14.0. The first kappa shape index (κ1) is 13.3. The van der Waals surface area contributed by atoms with Crippen LogP contribution in [0.25, 0.3) is 0 Å². The zero-order valence-electron chi connectivity index (χ0n) is 11.1. The van der Waals surface area contributed by atoms with E-state index in [1.807, 2.05) is 36.4 Å². The van der Waals surface area contributed by atoms with E-state index in [4.69, 9.17) is 16.0 Å². The molecular formula is C16H16ClNO2. The summed E-state index contributed by atoms with van der Waals surface area (Å²) in [6, 6.07) is 11.3. The molecule has 0 atom stereocenters. The first-order valence-corrected chi connectivity index (χ1v) is 7.15. The van der Waals surface area contributed by atoms with Crippen molar-refractivity contribution in [2.75, 3.05) is 0 Å². The number of hydrogen-bond acceptors (Lipinski definition) is 2. The fourth-order valence-corrected chi connectivity index (χ4v) is 2.82. The highest BCUT2D eigenvalue weighted by molar-refractivity contribution is 6.30. The van der Waals surface area contributed by atoms with E-state index in [1.165, 1.54) is 0 Å². The lowest BCUT2D eigenvalue weighted by Gasteiger charge is -2.40. The van der Waals surface area contributed by atoms with E-state index in [9.17, 15) is 4.79 Å². The molecule has 1 aromatic heterocycles. The highest BCUT2D eigenvalue weighted by atomic mass is 35.5. The van der Waals surface area contributed by atoms with Crippen LogP contribution in [0.1, 0.15) is 30.6 Å². The summed E-state index contributed by atoms with van der Waals surface area (Å²) >= 11 is 5.92. The van der Waals surface area contributed by atoms with Gasteiger partial charge in [0.15, 0.2) is 0 Å². The molecule has 0 spiro atoms. The number of rotatable bonds is 4. The molecular weight excluding hydrogens is 274 g/mol. The minimum Gasteiger partial charge on any atom is -0.467 e. The van der Waals surface area contributed by atoms with E-state index in [-0.39, 0.29) is 5.91 Å². The smallest absolute Gasteiger partial charge is 0.231 e. The van der Waals surface area contributed by atoms with Crippen LogP contribution in [-0.2, 0) is 16.8 Å². The summed E-state index contributed by atoms with van der Waals surface area (Å²) in [7, 11) is 0. The van der Waals surface area contributed by atoms with Crippen LogP contribution in [0.5, 0.6) is 0 Å². The van der Waals surface area contributed by atoms with Gasteiger partial charge in [-0.2, -0.15) is 0 Å². The molecule has 1 fully saturated rings. The minimum atomic E-state index is -0.392. The average Bonchev–Trinajstić information content (AvgIpc) is 2.90. The van der Waals surface area contributed by atoms with Crippen LogP contribution in [0.4, 0.5) is 0 Å². The van der Waals surface area contributed by atoms with Crippen LogP contribution in [0.2, 0.25) is 5.02 Å². The van der Waals surface area contributed by atoms with Gasteiger partial charge in [0.1, 0.15) is 5.76 Å². The topological polar surface area (TPSA) is 42.2 Å². The van der Waals surface area contributed by atoms with Gasteiger partial charge in [-0.25, -0.2) is 0 Å². The second-order valence-corrected chi connectivity index (χ2v) is 5.64. The second-order valence-electron chi connectivity index (χ2n) is 5.20. The third-order valence-electron chi connectivity index (χ3n) is 4.04. The van der Waals surface area contributed by atoms with Gasteiger partial charge >= 0.3 is 0 Å². The lowest BCUT2D eigenvalue weighted by molar-refractivity contribution is -0.130. The fraction of sp³-hybridized carbons (Fsp3) is 0.312. The van der Waals surface area contributed by atoms with Crippen molar-refractivity contribution in [3.05, 3.63) is 59.0 Å². The van der Waals surface area contributed by atoms with Crippen LogP contribution < -0.4 is 5.32 Å². The summed E-state index contributed by atoms with van der Waals surface area (Å²) in [6.45, 7) is 0.432. The van der Waals surface area contributed by atoms with Crippen molar-refractivity contribution in [1.82, 2.24) is 5.32 Å². The van der Waals surface area contributed by atoms with Gasteiger partial charge < -0.3 is 9.73 Å². The molecule has 1 N–H and O–H groups in total. The molecule has 0 unspecified atom stereocenters. The van der Waals surface area contributed by atoms with Gasteiger partial charge in [-0.05, 0) is 42.7 Å². The van der Waals surface area contributed by atoms with Crippen LogP contribution in [0, 0.1) is 0 Å². The average molecular weight is 290 g/mol. The molecule has 4 heteroatoms. The molecule has 1 aliphatic carbocycles. The molecule has 1 amide bonds. The van der Waals surface area contributed by atoms with Gasteiger partial charge in [-0.15, -0.1) is 0 Å². The quantitative estimate of drug-likeness (QED) is 0.933. The van der Waals surface area contributed by atoms with Crippen molar-refractivity contribution in [1.29, 1.82) is 0 Å². The molecule has 104 valence electrons. The SMILES string of the molecule is O=C(NCc1ccco1)C1(c2ccc(Cl)cc2)CCC1. The molecule has 0 radical (unpaired) electrons. The summed E-state index contributed by atoms with van der Waals surface area (Å²) in [6.07, 6.45) is 4.47. The van der Waals surface area contributed by atoms with E-state index >= 15 is 0 Å². The Labute approximate surface area is 122 Å². The maximum Gasteiger partial charge on any atom is 0.231 e. The van der Waals surface area contributed by atoms with Crippen LogP contribution in [0.3, 0.4) is 0 Å². The Bertz CT molecular complexity index is 585. The molecule has 1 aliphatic rings. The number of benzene rings is 1. The van der Waals surface area contributed by atoms with Crippen LogP contribution in [-0.4, -0.2) is 5.91 Å². The molecule has 1 saturated carbocycles. The van der Waals surface area contributed by atoms with Gasteiger partial charge in [0.25, 0.3) is 0 Å². The minimum absolute atomic E-state index is 0.0717. The summed E-state index contributed by atoms with van der Waals surface area (Å²) in [5.41, 5.74) is 0.655. The molecule has 20 heavy (non-hydrogen) atoms. The van der Waals surface area contributed by atoms with Crippen molar-refractivity contribution in [2.24, 2.45) is 0 Å². The number of carbonyl (C=O) groups excluding carboxylic acids is 1. The Kier molecular flexibility index (Phi) is 3.53. The number of amides is 1. The van der Waals surface area contributed by atoms with E-state index in [1.54, 1.807) is 6.26 Å². The molecule has 2 aromatic rings. The third-order valence-corrected chi connectivity index (χ3v) is 4.29. The maximum atomic E-state index is 12.5. The molecule has 0 bridgehead atoms. The summed E-state index contributed by atoms with van der Waals surface area (Å²) in [4.78, 5) is 12.5. The number of furan rings is 1. The Morgan fingerprint density at radius 3 is 2.55 bits per heavy atom. The fourth-order valence-electron chi connectivity index (χ4n) is 2.70. The molecule has 3 nitrogen and oxygen atoms in total. The lowest BCUT2D eigenvalue weighted by Crippen LogP contribution is -2.48. The van der Waals surface area contributed by atoms with Crippen molar-refractivity contribution >= 4 is 17.5 Å². The third kappa shape index (κ3) is 2.34. The molecule has 3 rings (SSSR count). The monoisotopic (exact) mass is 289 g/mol. The molecule has 1 heterocycles. The molecule has 1 aromatic carbocycles. The highest BCUT2D eigenvalue weighted by Crippen LogP contribution is 2.44. The maximum absolute atomic E-state index is 12.5. The first-order chi connectivity index (χ1) is 9.71. The number of nitrogens with one attached hydrogen (secondary N) is 1. The number of halogens is 1. The summed E-state index contributed by atoms with van der Waals surface area (Å²) in [5, 5.41) is 3.67. The lowest BCUT2D eigenvalue weighted by atomic mass is 9.64. The Morgan fingerprint density at radius 1 is 1.25 bits per heavy atom. The van der Waals surface area contributed by atoms with Crippen molar-refractivity contribution in [3.63, 3.8) is 0 Å². The zero-order valence-corrected chi connectivity index (χ0v) is 11.8. The van der Waals surface area contributed by atoms with Gasteiger partial charge in [0, 0.05) is 5.02 Å². The van der Waals surface area contributed by atoms with E-state index < -0.39 is 5.41 Å². The standard InChI is InChI=1S/C16H16ClNO2/c17-13-6-4-12(5-7-13)16(8-2-9-16)15(19)18-11-14-3-1-10-20-14/h1,3-7,10H,2,8-9,11H2,(H,18,19).